The number of aryl methyl sites for hydroxylation is 1. The summed E-state index contributed by atoms with van der Waals surface area (Å²) in [5, 5.41) is 3.40. The lowest BCUT2D eigenvalue weighted by atomic mass is 9.93. The van der Waals surface area contributed by atoms with Gasteiger partial charge in [-0.05, 0) is 36.4 Å². The van der Waals surface area contributed by atoms with Gasteiger partial charge in [-0.2, -0.15) is 0 Å². The number of nitrogens with one attached hydrogen (secondary N) is 1. The number of ether oxygens (including phenoxy) is 1. The summed E-state index contributed by atoms with van der Waals surface area (Å²) in [5.74, 6) is 0. The van der Waals surface area contributed by atoms with Gasteiger partial charge in [0.15, 0.2) is 0 Å². The number of hydrogen-bond acceptors (Lipinski definition) is 2. The van der Waals surface area contributed by atoms with Crippen LogP contribution in [0.2, 0.25) is 0 Å². The summed E-state index contributed by atoms with van der Waals surface area (Å²) in [6.45, 7) is 13.7. The molecule has 0 bridgehead atoms. The second-order valence-electron chi connectivity index (χ2n) is 6.33. The van der Waals surface area contributed by atoms with E-state index in [1.807, 2.05) is 0 Å². The predicted molar refractivity (Wildman–Crippen MR) is 82.5 cm³/mol. The fraction of sp³-hybridized carbons (Fsp3) is 0.647. The summed E-state index contributed by atoms with van der Waals surface area (Å²) in [6.07, 6.45) is 1.24. The van der Waals surface area contributed by atoms with Crippen LogP contribution in [0.15, 0.2) is 24.3 Å². The van der Waals surface area contributed by atoms with E-state index in [4.69, 9.17) is 4.74 Å². The van der Waals surface area contributed by atoms with Gasteiger partial charge in [0.05, 0.1) is 6.10 Å². The highest BCUT2D eigenvalue weighted by Gasteiger charge is 2.16. The van der Waals surface area contributed by atoms with Gasteiger partial charge < -0.3 is 10.1 Å². The number of benzene rings is 1. The van der Waals surface area contributed by atoms with Gasteiger partial charge >= 0.3 is 0 Å². The Balaban J connectivity index is 2.64. The molecule has 0 aliphatic heterocycles. The van der Waals surface area contributed by atoms with Gasteiger partial charge in [-0.1, -0.05) is 52.0 Å². The Bertz CT molecular complexity index is 368. The molecule has 0 saturated heterocycles. The summed E-state index contributed by atoms with van der Waals surface area (Å²) in [5.41, 5.74) is 2.94. The first-order chi connectivity index (χ1) is 8.94. The molecule has 1 rings (SSSR count). The Morgan fingerprint density at radius 2 is 1.89 bits per heavy atom. The minimum atomic E-state index is 0.156. The molecule has 1 N–H and O–H groups in total. The minimum Gasteiger partial charge on any atom is -0.372 e. The van der Waals surface area contributed by atoms with E-state index in [1.165, 1.54) is 11.1 Å². The largest absolute Gasteiger partial charge is 0.372 e. The summed E-state index contributed by atoms with van der Waals surface area (Å²) >= 11 is 0. The van der Waals surface area contributed by atoms with Crippen LogP contribution in [0.4, 0.5) is 0 Å². The Hall–Kier alpha value is -0.860. The van der Waals surface area contributed by atoms with Gasteiger partial charge in [-0.25, -0.2) is 0 Å². The van der Waals surface area contributed by atoms with Crippen molar-refractivity contribution >= 4 is 0 Å². The number of rotatable bonds is 7. The molecule has 1 unspecified atom stereocenters. The van der Waals surface area contributed by atoms with Crippen molar-refractivity contribution in [1.82, 2.24) is 5.32 Å². The first-order valence-corrected chi connectivity index (χ1v) is 7.32. The number of hydrogen-bond donors (Lipinski definition) is 1. The van der Waals surface area contributed by atoms with Crippen LogP contribution in [0.3, 0.4) is 0 Å². The Labute approximate surface area is 118 Å². The van der Waals surface area contributed by atoms with E-state index in [-0.39, 0.29) is 6.10 Å². The van der Waals surface area contributed by atoms with Crippen molar-refractivity contribution < 1.29 is 4.74 Å². The molecule has 0 aliphatic rings. The molecule has 0 aliphatic carbocycles. The summed E-state index contributed by atoms with van der Waals surface area (Å²) in [6, 6.07) is 8.50. The van der Waals surface area contributed by atoms with E-state index in [2.05, 4.69) is 64.2 Å². The van der Waals surface area contributed by atoms with Crippen LogP contribution in [0.5, 0.6) is 0 Å². The molecular formula is C17H29NO. The smallest absolute Gasteiger partial charge is 0.0951 e. The van der Waals surface area contributed by atoms with E-state index in [1.54, 1.807) is 0 Å². The minimum absolute atomic E-state index is 0.156. The lowest BCUT2D eigenvalue weighted by Crippen LogP contribution is -2.24. The van der Waals surface area contributed by atoms with E-state index in [0.29, 0.717) is 5.41 Å². The molecular weight excluding hydrogens is 234 g/mol. The van der Waals surface area contributed by atoms with Crippen molar-refractivity contribution in [2.45, 2.75) is 47.1 Å². The van der Waals surface area contributed by atoms with Crippen molar-refractivity contribution in [1.29, 1.82) is 0 Å². The second kappa shape index (κ2) is 7.66. The Morgan fingerprint density at radius 1 is 1.21 bits per heavy atom. The van der Waals surface area contributed by atoms with Gasteiger partial charge in [-0.15, -0.1) is 0 Å². The van der Waals surface area contributed by atoms with Crippen LogP contribution in [0.1, 0.15) is 51.3 Å². The van der Waals surface area contributed by atoms with Crippen LogP contribution >= 0.6 is 0 Å². The Morgan fingerprint density at radius 3 is 2.47 bits per heavy atom. The van der Waals surface area contributed by atoms with E-state index >= 15 is 0 Å². The molecule has 2 heteroatoms. The van der Waals surface area contributed by atoms with Crippen molar-refractivity contribution in [2.75, 3.05) is 19.7 Å². The molecule has 1 atom stereocenters. The average molecular weight is 263 g/mol. The third-order valence-corrected chi connectivity index (χ3v) is 3.29. The third kappa shape index (κ3) is 6.22. The molecule has 0 spiro atoms. The molecule has 0 fully saturated rings. The number of likely N-dealkylation sites (N-methyl/N-ethyl adjacent to an activating group) is 1. The predicted octanol–water partition coefficient (Wildman–Crippen LogP) is 4.10. The maximum absolute atomic E-state index is 6.12. The standard InChI is InChI=1S/C17H29NO/c1-6-18-13-16(19-12-11-17(3,4)5)15-10-8-7-9-14(15)2/h7-10,16,18H,6,11-13H2,1-5H3. The topological polar surface area (TPSA) is 21.3 Å². The van der Waals surface area contributed by atoms with Crippen LogP contribution in [-0.4, -0.2) is 19.7 Å². The van der Waals surface area contributed by atoms with Gasteiger partial charge in [0.1, 0.15) is 0 Å². The van der Waals surface area contributed by atoms with E-state index < -0.39 is 0 Å². The van der Waals surface area contributed by atoms with Gasteiger partial charge in [0.25, 0.3) is 0 Å². The fourth-order valence-electron chi connectivity index (χ4n) is 1.99. The molecule has 19 heavy (non-hydrogen) atoms. The van der Waals surface area contributed by atoms with Crippen LogP contribution in [0, 0.1) is 12.3 Å². The van der Waals surface area contributed by atoms with Crippen LogP contribution < -0.4 is 5.32 Å². The molecule has 1 aromatic rings. The lowest BCUT2D eigenvalue weighted by molar-refractivity contribution is 0.0369. The monoisotopic (exact) mass is 263 g/mol. The molecule has 1 aromatic carbocycles. The van der Waals surface area contributed by atoms with E-state index in [9.17, 15) is 0 Å². The first kappa shape index (κ1) is 16.2. The van der Waals surface area contributed by atoms with Crippen LogP contribution in [0.25, 0.3) is 0 Å². The summed E-state index contributed by atoms with van der Waals surface area (Å²) < 4.78 is 6.12. The molecule has 0 amide bonds. The maximum Gasteiger partial charge on any atom is 0.0951 e. The molecule has 0 aromatic heterocycles. The Kier molecular flexibility index (Phi) is 6.53. The van der Waals surface area contributed by atoms with Crippen molar-refractivity contribution in [3.63, 3.8) is 0 Å². The highest BCUT2D eigenvalue weighted by Crippen LogP contribution is 2.24. The summed E-state index contributed by atoms with van der Waals surface area (Å²) in [7, 11) is 0. The fourth-order valence-corrected chi connectivity index (χ4v) is 1.99. The molecule has 0 heterocycles. The molecule has 0 radical (unpaired) electrons. The van der Waals surface area contributed by atoms with Crippen molar-refractivity contribution in [2.24, 2.45) is 5.41 Å². The van der Waals surface area contributed by atoms with Gasteiger partial charge in [0, 0.05) is 13.2 Å². The average Bonchev–Trinajstić information content (AvgIpc) is 2.33. The van der Waals surface area contributed by atoms with Crippen molar-refractivity contribution in [3.05, 3.63) is 35.4 Å². The SMILES string of the molecule is CCNCC(OCCC(C)(C)C)c1ccccc1C. The quantitative estimate of drug-likeness (QED) is 0.799. The molecule has 108 valence electrons. The zero-order valence-corrected chi connectivity index (χ0v) is 13.1. The van der Waals surface area contributed by atoms with Crippen molar-refractivity contribution in [3.8, 4) is 0 Å². The van der Waals surface area contributed by atoms with Crippen LogP contribution in [-0.2, 0) is 4.74 Å². The first-order valence-electron chi connectivity index (χ1n) is 7.32. The lowest BCUT2D eigenvalue weighted by Gasteiger charge is -2.23. The van der Waals surface area contributed by atoms with Gasteiger partial charge in [-0.3, -0.25) is 0 Å². The third-order valence-electron chi connectivity index (χ3n) is 3.29. The van der Waals surface area contributed by atoms with Gasteiger partial charge in [0.2, 0.25) is 0 Å². The molecule has 2 nitrogen and oxygen atoms in total. The normalized spacial score (nSPS) is 13.5. The highest BCUT2D eigenvalue weighted by atomic mass is 16.5. The van der Waals surface area contributed by atoms with E-state index in [0.717, 1.165) is 26.1 Å². The second-order valence-corrected chi connectivity index (χ2v) is 6.33. The maximum atomic E-state index is 6.12. The summed E-state index contributed by atoms with van der Waals surface area (Å²) in [4.78, 5) is 0. The molecule has 0 saturated carbocycles. The zero-order valence-electron chi connectivity index (χ0n) is 13.1. The highest BCUT2D eigenvalue weighted by molar-refractivity contribution is 5.28. The zero-order chi connectivity index (χ0) is 14.3.